The molecular formula is C30H28N2O5. The Morgan fingerprint density at radius 3 is 2.62 bits per heavy atom. The smallest absolute Gasteiger partial charge is 0.295 e. The lowest BCUT2D eigenvalue weighted by atomic mass is 9.94. The Morgan fingerprint density at radius 1 is 1.05 bits per heavy atom. The number of carbonyl (C=O) groups is 2. The molecule has 0 spiro atoms. The van der Waals surface area contributed by atoms with Crippen LogP contribution in [0.5, 0.6) is 11.5 Å². The first-order valence-electron chi connectivity index (χ1n) is 12.2. The average Bonchev–Trinajstić information content (AvgIpc) is 3.42. The van der Waals surface area contributed by atoms with Gasteiger partial charge in [-0.05, 0) is 55.7 Å². The fourth-order valence-electron chi connectivity index (χ4n) is 4.93. The Morgan fingerprint density at radius 2 is 1.84 bits per heavy atom. The summed E-state index contributed by atoms with van der Waals surface area (Å²) in [7, 11) is 0. The van der Waals surface area contributed by atoms with Gasteiger partial charge in [-0.3, -0.25) is 9.59 Å². The minimum absolute atomic E-state index is 0.00630. The lowest BCUT2D eigenvalue weighted by molar-refractivity contribution is -0.140. The number of ether oxygens (including phenoxy) is 1. The molecule has 0 aliphatic carbocycles. The number of para-hydroxylation sites is 1. The number of rotatable bonds is 6. The number of aromatic amines is 1. The van der Waals surface area contributed by atoms with Gasteiger partial charge in [0.05, 0.1) is 18.2 Å². The van der Waals surface area contributed by atoms with Crippen LogP contribution < -0.4 is 4.74 Å². The molecule has 1 unspecified atom stereocenters. The van der Waals surface area contributed by atoms with Crippen LogP contribution in [0.4, 0.5) is 0 Å². The van der Waals surface area contributed by atoms with Gasteiger partial charge >= 0.3 is 0 Å². The molecule has 7 heteroatoms. The van der Waals surface area contributed by atoms with Crippen molar-refractivity contribution in [1.82, 2.24) is 9.88 Å². The van der Waals surface area contributed by atoms with Gasteiger partial charge in [0.25, 0.3) is 11.7 Å². The monoisotopic (exact) mass is 496 g/mol. The molecule has 188 valence electrons. The SMILES string of the molecule is CCOc1cc(C2/C(=C(/O)c3c[nH]c4ccccc34)C(=O)C(=O)N2Cc2cc(C)ccc2C)ccc1O. The van der Waals surface area contributed by atoms with Gasteiger partial charge in [-0.1, -0.05) is 48.0 Å². The third-order valence-electron chi connectivity index (χ3n) is 6.83. The number of carbonyl (C=O) groups excluding carboxylic acids is 2. The molecular weight excluding hydrogens is 468 g/mol. The van der Waals surface area contributed by atoms with E-state index in [1.54, 1.807) is 25.3 Å². The standard InChI is InChI=1S/C30H28N2O5/c1-4-37-25-14-19(11-12-24(25)33)27-26(28(34)22-15-31-23-8-6-5-7-21(22)23)29(35)30(36)32(27)16-20-13-17(2)9-10-18(20)3/h5-15,27,31,33-34H,4,16H2,1-3H3/b28-26-. The maximum absolute atomic E-state index is 13.5. The number of aliphatic hydroxyl groups is 1. The van der Waals surface area contributed by atoms with E-state index >= 15 is 0 Å². The van der Waals surface area contributed by atoms with Gasteiger partial charge in [-0.2, -0.15) is 0 Å². The first-order chi connectivity index (χ1) is 17.8. The van der Waals surface area contributed by atoms with Crippen LogP contribution in [0.15, 0.2) is 72.4 Å². The number of aromatic nitrogens is 1. The highest BCUT2D eigenvalue weighted by Crippen LogP contribution is 2.43. The number of fused-ring (bicyclic) bond motifs is 1. The van der Waals surface area contributed by atoms with Crippen LogP contribution in [-0.2, 0) is 16.1 Å². The Bertz CT molecular complexity index is 1570. The third-order valence-corrected chi connectivity index (χ3v) is 6.83. The van der Waals surface area contributed by atoms with Crippen LogP contribution in [0.25, 0.3) is 16.7 Å². The second kappa shape index (κ2) is 9.50. The van der Waals surface area contributed by atoms with Crippen molar-refractivity contribution in [3.05, 3.63) is 100 Å². The number of Topliss-reactive ketones (excluding diaryl/α,β-unsaturated/α-hetero) is 1. The number of aromatic hydroxyl groups is 1. The number of benzene rings is 3. The molecule has 0 radical (unpaired) electrons. The summed E-state index contributed by atoms with van der Waals surface area (Å²) < 4.78 is 5.58. The summed E-state index contributed by atoms with van der Waals surface area (Å²) in [5, 5.41) is 22.5. The quantitative estimate of drug-likeness (QED) is 0.186. The minimum Gasteiger partial charge on any atom is -0.507 e. The Kier molecular flexibility index (Phi) is 6.21. The molecule has 1 saturated heterocycles. The van der Waals surface area contributed by atoms with Crippen LogP contribution in [0.1, 0.15) is 40.8 Å². The fraction of sp³-hybridized carbons (Fsp3) is 0.200. The number of ketones is 1. The molecule has 1 aliphatic rings. The number of hydrogen-bond acceptors (Lipinski definition) is 5. The van der Waals surface area contributed by atoms with E-state index in [-0.39, 0.29) is 29.4 Å². The van der Waals surface area contributed by atoms with Crippen molar-refractivity contribution in [3.63, 3.8) is 0 Å². The average molecular weight is 497 g/mol. The number of phenolic OH excluding ortho intramolecular Hbond substituents is 1. The summed E-state index contributed by atoms with van der Waals surface area (Å²) in [5.74, 6) is -1.52. The number of aliphatic hydroxyl groups excluding tert-OH is 1. The number of nitrogens with zero attached hydrogens (tertiary/aromatic N) is 1. The third kappa shape index (κ3) is 4.22. The summed E-state index contributed by atoms with van der Waals surface area (Å²) in [6, 6.07) is 17.3. The molecule has 1 fully saturated rings. The molecule has 37 heavy (non-hydrogen) atoms. The van der Waals surface area contributed by atoms with Gasteiger partial charge in [-0.25, -0.2) is 0 Å². The molecule has 2 heterocycles. The molecule has 4 aromatic rings. The van der Waals surface area contributed by atoms with Crippen molar-refractivity contribution in [2.45, 2.75) is 33.4 Å². The molecule has 7 nitrogen and oxygen atoms in total. The van der Waals surface area contributed by atoms with Gasteiger partial charge in [0.1, 0.15) is 5.76 Å². The first kappa shape index (κ1) is 24.2. The van der Waals surface area contributed by atoms with Crippen LogP contribution >= 0.6 is 0 Å². The van der Waals surface area contributed by atoms with E-state index in [1.165, 1.54) is 11.0 Å². The lowest BCUT2D eigenvalue weighted by Crippen LogP contribution is -2.29. The van der Waals surface area contributed by atoms with Crippen LogP contribution in [0.2, 0.25) is 0 Å². The predicted octanol–water partition coefficient (Wildman–Crippen LogP) is 5.51. The zero-order valence-electron chi connectivity index (χ0n) is 20.9. The highest BCUT2D eigenvalue weighted by Gasteiger charge is 2.46. The molecule has 1 amide bonds. The maximum atomic E-state index is 13.5. The van der Waals surface area contributed by atoms with Gasteiger partial charge in [0.15, 0.2) is 11.5 Å². The molecule has 1 aliphatic heterocycles. The van der Waals surface area contributed by atoms with E-state index in [0.29, 0.717) is 17.7 Å². The minimum atomic E-state index is -0.881. The van der Waals surface area contributed by atoms with Crippen molar-refractivity contribution in [1.29, 1.82) is 0 Å². The first-order valence-corrected chi connectivity index (χ1v) is 12.2. The van der Waals surface area contributed by atoms with E-state index in [1.807, 2.05) is 56.3 Å². The number of nitrogens with one attached hydrogen (secondary N) is 1. The van der Waals surface area contributed by atoms with Gasteiger partial charge in [0.2, 0.25) is 0 Å². The molecule has 1 atom stereocenters. The topological polar surface area (TPSA) is 103 Å². The van der Waals surface area contributed by atoms with E-state index in [4.69, 9.17) is 4.74 Å². The summed E-state index contributed by atoms with van der Waals surface area (Å²) in [6.45, 7) is 6.24. The number of hydrogen-bond donors (Lipinski definition) is 3. The second-order valence-corrected chi connectivity index (χ2v) is 9.27. The Balaban J connectivity index is 1.71. The number of amides is 1. The van der Waals surface area contributed by atoms with Crippen molar-refractivity contribution < 1.29 is 24.5 Å². The van der Waals surface area contributed by atoms with E-state index in [2.05, 4.69) is 4.98 Å². The Labute approximate surface area is 214 Å². The highest BCUT2D eigenvalue weighted by atomic mass is 16.5. The maximum Gasteiger partial charge on any atom is 0.295 e. The normalized spacial score (nSPS) is 17.1. The van der Waals surface area contributed by atoms with E-state index in [0.717, 1.165) is 27.6 Å². The summed E-state index contributed by atoms with van der Waals surface area (Å²) in [5.41, 5.74) is 4.71. The van der Waals surface area contributed by atoms with Crippen molar-refractivity contribution in [3.8, 4) is 11.5 Å². The zero-order valence-corrected chi connectivity index (χ0v) is 20.9. The molecule has 0 bridgehead atoms. The molecule has 3 N–H and O–H groups in total. The predicted molar refractivity (Wildman–Crippen MR) is 141 cm³/mol. The fourth-order valence-corrected chi connectivity index (χ4v) is 4.93. The van der Waals surface area contributed by atoms with Crippen LogP contribution in [-0.4, -0.2) is 38.4 Å². The van der Waals surface area contributed by atoms with Gasteiger partial charge in [-0.15, -0.1) is 0 Å². The number of aryl methyl sites for hydroxylation is 2. The summed E-state index contributed by atoms with van der Waals surface area (Å²) in [6.07, 6.45) is 1.64. The van der Waals surface area contributed by atoms with Crippen molar-refractivity contribution in [2.75, 3.05) is 6.61 Å². The van der Waals surface area contributed by atoms with Crippen molar-refractivity contribution in [2.24, 2.45) is 0 Å². The van der Waals surface area contributed by atoms with E-state index < -0.39 is 17.7 Å². The van der Waals surface area contributed by atoms with Crippen LogP contribution in [0.3, 0.4) is 0 Å². The van der Waals surface area contributed by atoms with Gasteiger partial charge < -0.3 is 24.8 Å². The van der Waals surface area contributed by atoms with Crippen molar-refractivity contribution >= 4 is 28.4 Å². The molecule has 1 aromatic heterocycles. The second-order valence-electron chi connectivity index (χ2n) is 9.27. The molecule has 3 aromatic carbocycles. The summed E-state index contributed by atoms with van der Waals surface area (Å²) in [4.78, 5) is 31.5. The largest absolute Gasteiger partial charge is 0.507 e. The number of likely N-dealkylation sites (tertiary alicyclic amines) is 1. The summed E-state index contributed by atoms with van der Waals surface area (Å²) >= 11 is 0. The lowest BCUT2D eigenvalue weighted by Gasteiger charge is -2.26. The molecule has 5 rings (SSSR count). The zero-order chi connectivity index (χ0) is 26.3. The van der Waals surface area contributed by atoms with Gasteiger partial charge in [0, 0.05) is 29.2 Å². The number of phenols is 1. The molecule has 0 saturated carbocycles. The van der Waals surface area contributed by atoms with E-state index in [9.17, 15) is 19.8 Å². The highest BCUT2D eigenvalue weighted by molar-refractivity contribution is 6.46. The van der Waals surface area contributed by atoms with Crippen LogP contribution in [0, 0.1) is 13.8 Å². The number of H-pyrrole nitrogens is 1. The Hall–Kier alpha value is -4.52.